The van der Waals surface area contributed by atoms with E-state index in [1.54, 1.807) is 17.0 Å². The Morgan fingerprint density at radius 3 is 2.23 bits per heavy atom. The van der Waals surface area contributed by atoms with Gasteiger partial charge in [0.2, 0.25) is 0 Å². The number of likely N-dealkylation sites (N-methyl/N-ethyl adjacent to an activating group) is 1. The molecule has 0 spiro atoms. The van der Waals surface area contributed by atoms with Crippen molar-refractivity contribution in [3.05, 3.63) is 35.6 Å². The van der Waals surface area contributed by atoms with Crippen LogP contribution in [0.2, 0.25) is 0 Å². The van der Waals surface area contributed by atoms with Crippen molar-refractivity contribution in [3.63, 3.8) is 0 Å². The van der Waals surface area contributed by atoms with E-state index < -0.39 is 0 Å². The van der Waals surface area contributed by atoms with Gasteiger partial charge in [-0.2, -0.15) is 0 Å². The Hall–Kier alpha value is -1.42. The predicted molar refractivity (Wildman–Crippen MR) is 85.2 cm³/mol. The third-order valence-corrected chi connectivity index (χ3v) is 5.19. The fourth-order valence-corrected chi connectivity index (χ4v) is 3.79. The monoisotopic (exact) mass is 304 g/mol. The minimum absolute atomic E-state index is 0.0298. The van der Waals surface area contributed by atoms with Crippen LogP contribution in [0.15, 0.2) is 24.3 Å². The van der Waals surface area contributed by atoms with Crippen molar-refractivity contribution < 1.29 is 9.18 Å². The van der Waals surface area contributed by atoms with E-state index in [0.717, 1.165) is 24.9 Å². The lowest BCUT2D eigenvalue weighted by Gasteiger charge is -2.25. The number of carbonyl (C=O) groups is 1. The molecule has 1 aromatic rings. The number of nitrogens with zero attached hydrogens (tertiary/aromatic N) is 2. The molecule has 3 aliphatic rings. The maximum Gasteiger partial charge on any atom is 0.253 e. The lowest BCUT2D eigenvalue weighted by atomic mass is 9.84. The molecule has 2 bridgehead atoms. The zero-order valence-electron chi connectivity index (χ0n) is 13.3. The molecule has 1 aliphatic carbocycles. The molecule has 0 atom stereocenters. The Kier molecular flexibility index (Phi) is 4.77. The highest BCUT2D eigenvalue weighted by molar-refractivity contribution is 5.93. The number of hydrogen-bond donors (Lipinski definition) is 0. The molecule has 0 aromatic heterocycles. The van der Waals surface area contributed by atoms with Gasteiger partial charge in [0, 0.05) is 38.8 Å². The lowest BCUT2D eigenvalue weighted by Crippen LogP contribution is -2.38. The largest absolute Gasteiger partial charge is 0.340 e. The van der Waals surface area contributed by atoms with Crippen LogP contribution in [0.1, 0.15) is 36.0 Å². The van der Waals surface area contributed by atoms with E-state index in [9.17, 15) is 9.18 Å². The summed E-state index contributed by atoms with van der Waals surface area (Å²) in [5, 5.41) is 0. The fourth-order valence-electron chi connectivity index (χ4n) is 3.79. The van der Waals surface area contributed by atoms with Crippen LogP contribution in [-0.2, 0) is 0 Å². The molecule has 4 rings (SSSR count). The van der Waals surface area contributed by atoms with Crippen molar-refractivity contribution in [2.24, 2.45) is 11.8 Å². The highest BCUT2D eigenvalue weighted by Crippen LogP contribution is 2.33. The first-order valence-electron chi connectivity index (χ1n) is 8.35. The maximum atomic E-state index is 12.9. The SMILES string of the molecule is CN(CCN1CC2CCC(CC2)C1)C(=O)c1ccc(F)cc1. The van der Waals surface area contributed by atoms with Crippen molar-refractivity contribution in [1.82, 2.24) is 9.80 Å². The van der Waals surface area contributed by atoms with E-state index in [0.29, 0.717) is 5.56 Å². The Bertz CT molecular complexity index is 494. The van der Waals surface area contributed by atoms with Crippen molar-refractivity contribution in [3.8, 4) is 0 Å². The molecule has 4 heteroatoms. The van der Waals surface area contributed by atoms with Gasteiger partial charge in [0.25, 0.3) is 5.91 Å². The summed E-state index contributed by atoms with van der Waals surface area (Å²) in [6.45, 7) is 4.05. The molecule has 120 valence electrons. The third-order valence-electron chi connectivity index (χ3n) is 5.19. The number of fused-ring (bicyclic) bond motifs is 4. The summed E-state index contributed by atoms with van der Waals surface area (Å²) >= 11 is 0. The number of carbonyl (C=O) groups excluding carboxylic acids is 1. The van der Waals surface area contributed by atoms with Gasteiger partial charge in [-0.1, -0.05) is 0 Å². The normalized spacial score (nSPS) is 25.0. The summed E-state index contributed by atoms with van der Waals surface area (Å²) < 4.78 is 12.9. The molecular weight excluding hydrogens is 279 g/mol. The number of amides is 1. The summed E-state index contributed by atoms with van der Waals surface area (Å²) in [5.74, 6) is 1.38. The highest BCUT2D eigenvalue weighted by atomic mass is 19.1. The summed E-state index contributed by atoms with van der Waals surface area (Å²) in [6, 6.07) is 5.79. The zero-order chi connectivity index (χ0) is 15.5. The molecule has 1 aromatic carbocycles. The first-order valence-corrected chi connectivity index (χ1v) is 8.35. The van der Waals surface area contributed by atoms with E-state index in [1.807, 2.05) is 7.05 Å². The molecule has 2 saturated heterocycles. The molecule has 1 amide bonds. The van der Waals surface area contributed by atoms with Gasteiger partial charge >= 0.3 is 0 Å². The Balaban J connectivity index is 1.52. The van der Waals surface area contributed by atoms with Crippen LogP contribution in [0.4, 0.5) is 4.39 Å². The van der Waals surface area contributed by atoms with E-state index in [4.69, 9.17) is 0 Å². The summed E-state index contributed by atoms with van der Waals surface area (Å²) in [5.41, 5.74) is 0.555. The van der Waals surface area contributed by atoms with Crippen LogP contribution in [-0.4, -0.2) is 48.9 Å². The predicted octanol–water partition coefficient (Wildman–Crippen LogP) is 3.02. The molecular formula is C18H25FN2O. The molecule has 1 saturated carbocycles. The zero-order valence-corrected chi connectivity index (χ0v) is 13.3. The minimum Gasteiger partial charge on any atom is -0.340 e. The van der Waals surface area contributed by atoms with E-state index in [-0.39, 0.29) is 11.7 Å². The van der Waals surface area contributed by atoms with Gasteiger partial charge in [-0.15, -0.1) is 0 Å². The van der Waals surface area contributed by atoms with Crippen LogP contribution in [0, 0.1) is 17.7 Å². The summed E-state index contributed by atoms with van der Waals surface area (Å²) in [7, 11) is 1.83. The number of halogens is 1. The standard InChI is InChI=1S/C18H25FN2O/c1-20(18(22)16-6-8-17(19)9-7-16)10-11-21-12-14-2-3-15(13-21)5-4-14/h6-9,14-15H,2-5,10-13H2,1H3. The van der Waals surface area contributed by atoms with Crippen LogP contribution in [0.25, 0.3) is 0 Å². The highest BCUT2D eigenvalue weighted by Gasteiger charge is 2.29. The maximum absolute atomic E-state index is 12.9. The first-order chi connectivity index (χ1) is 10.6. The Morgan fingerprint density at radius 2 is 1.68 bits per heavy atom. The van der Waals surface area contributed by atoms with Gasteiger partial charge in [-0.3, -0.25) is 4.79 Å². The second-order valence-corrected chi connectivity index (χ2v) is 6.88. The van der Waals surface area contributed by atoms with Crippen LogP contribution >= 0.6 is 0 Å². The van der Waals surface area contributed by atoms with Gasteiger partial charge in [0.05, 0.1) is 0 Å². The van der Waals surface area contributed by atoms with E-state index >= 15 is 0 Å². The van der Waals surface area contributed by atoms with Crippen molar-refractivity contribution >= 4 is 5.91 Å². The second-order valence-electron chi connectivity index (χ2n) is 6.88. The number of benzene rings is 1. The average molecular weight is 304 g/mol. The molecule has 2 aliphatic heterocycles. The minimum atomic E-state index is -0.306. The molecule has 0 unspecified atom stereocenters. The average Bonchev–Trinajstić information content (AvgIpc) is 2.85. The quantitative estimate of drug-likeness (QED) is 0.853. The van der Waals surface area contributed by atoms with Crippen LogP contribution in [0.3, 0.4) is 0 Å². The topological polar surface area (TPSA) is 23.6 Å². The van der Waals surface area contributed by atoms with Crippen molar-refractivity contribution in [2.45, 2.75) is 25.7 Å². The second kappa shape index (κ2) is 6.78. The molecule has 22 heavy (non-hydrogen) atoms. The van der Waals surface area contributed by atoms with Gasteiger partial charge in [-0.05, 0) is 61.8 Å². The smallest absolute Gasteiger partial charge is 0.253 e. The Labute approximate surface area is 132 Å². The molecule has 0 radical (unpaired) electrons. The first kappa shape index (κ1) is 15.5. The number of hydrogen-bond acceptors (Lipinski definition) is 2. The Morgan fingerprint density at radius 1 is 1.14 bits per heavy atom. The van der Waals surface area contributed by atoms with Gasteiger partial charge in [0.1, 0.15) is 5.82 Å². The van der Waals surface area contributed by atoms with Crippen molar-refractivity contribution in [1.29, 1.82) is 0 Å². The number of rotatable bonds is 4. The lowest BCUT2D eigenvalue weighted by molar-refractivity contribution is 0.0775. The fraction of sp³-hybridized carbons (Fsp3) is 0.611. The summed E-state index contributed by atoms with van der Waals surface area (Å²) in [6.07, 6.45) is 5.52. The van der Waals surface area contributed by atoms with Crippen molar-refractivity contribution in [2.75, 3.05) is 33.2 Å². The van der Waals surface area contributed by atoms with E-state index in [2.05, 4.69) is 4.90 Å². The molecule has 3 fully saturated rings. The van der Waals surface area contributed by atoms with E-state index in [1.165, 1.54) is 50.9 Å². The molecule has 2 heterocycles. The van der Waals surface area contributed by atoms with Crippen LogP contribution < -0.4 is 0 Å². The third kappa shape index (κ3) is 3.67. The van der Waals surface area contributed by atoms with Gasteiger partial charge in [-0.25, -0.2) is 4.39 Å². The molecule has 0 N–H and O–H groups in total. The molecule has 3 nitrogen and oxygen atoms in total. The summed E-state index contributed by atoms with van der Waals surface area (Å²) in [4.78, 5) is 16.6. The van der Waals surface area contributed by atoms with Gasteiger partial charge in [0.15, 0.2) is 0 Å². The van der Waals surface area contributed by atoms with Crippen LogP contribution in [0.5, 0.6) is 0 Å². The van der Waals surface area contributed by atoms with Gasteiger partial charge < -0.3 is 9.80 Å².